The molecule has 16 heavy (non-hydrogen) atoms. The lowest BCUT2D eigenvalue weighted by atomic mass is 10.2. The zero-order valence-corrected chi connectivity index (χ0v) is 11.7. The first kappa shape index (κ1) is 11.8. The van der Waals surface area contributed by atoms with Crippen molar-refractivity contribution in [3.63, 3.8) is 0 Å². The van der Waals surface area contributed by atoms with E-state index in [0.717, 1.165) is 11.4 Å². The maximum Gasteiger partial charge on any atom is 0.0325 e. The molecule has 0 atom stereocenters. The number of benzene rings is 2. The lowest BCUT2D eigenvalue weighted by Gasteiger charge is -2.05. The molecule has 0 amide bonds. The Labute approximate surface area is 114 Å². The van der Waals surface area contributed by atoms with E-state index in [-0.39, 0.29) is 0 Å². The molecule has 0 saturated heterocycles. The summed E-state index contributed by atoms with van der Waals surface area (Å²) in [7, 11) is 0. The molecule has 0 spiro atoms. The summed E-state index contributed by atoms with van der Waals surface area (Å²) in [6, 6.07) is 16.5. The fourth-order valence-corrected chi connectivity index (χ4v) is 3.25. The van der Waals surface area contributed by atoms with Crippen molar-refractivity contribution in [2.45, 2.75) is 10.6 Å². The first-order chi connectivity index (χ1) is 7.75. The molecule has 2 aromatic carbocycles. The number of rotatable bonds is 3. The molecule has 0 unspecified atom stereocenters. The highest BCUT2D eigenvalue weighted by Gasteiger charge is 2.01. The van der Waals surface area contributed by atoms with Crippen molar-refractivity contribution < 1.29 is 0 Å². The Morgan fingerprint density at radius 2 is 1.81 bits per heavy atom. The number of anilines is 1. The summed E-state index contributed by atoms with van der Waals surface area (Å²) in [5.74, 6) is 1.00. The number of nitrogens with two attached hydrogens (primary N) is 1. The Morgan fingerprint density at radius 1 is 1.06 bits per heavy atom. The topological polar surface area (TPSA) is 26.0 Å². The summed E-state index contributed by atoms with van der Waals surface area (Å²) in [5, 5.41) is 0. The summed E-state index contributed by atoms with van der Waals surface area (Å²) < 4.78 is 1.22. The second-order valence-corrected chi connectivity index (χ2v) is 5.64. The molecule has 0 aliphatic rings. The second kappa shape index (κ2) is 5.59. The van der Waals surface area contributed by atoms with Crippen LogP contribution in [-0.2, 0) is 5.75 Å². The molecule has 0 saturated carbocycles. The van der Waals surface area contributed by atoms with Crippen molar-refractivity contribution in [2.24, 2.45) is 0 Å². The van der Waals surface area contributed by atoms with E-state index < -0.39 is 0 Å². The van der Waals surface area contributed by atoms with Gasteiger partial charge in [0.1, 0.15) is 0 Å². The average Bonchev–Trinajstić information content (AvgIpc) is 2.29. The van der Waals surface area contributed by atoms with Gasteiger partial charge in [0.05, 0.1) is 0 Å². The van der Waals surface area contributed by atoms with E-state index in [0.29, 0.717) is 0 Å². The molecule has 0 fully saturated rings. The molecule has 1 nitrogen and oxygen atoms in total. The van der Waals surface area contributed by atoms with E-state index in [2.05, 4.69) is 52.9 Å². The van der Waals surface area contributed by atoms with Crippen molar-refractivity contribution in [3.05, 3.63) is 57.7 Å². The molecule has 82 valence electrons. The first-order valence-electron chi connectivity index (χ1n) is 4.97. The third-order valence-corrected chi connectivity index (χ3v) is 4.60. The Balaban J connectivity index is 2.05. The van der Waals surface area contributed by atoms with Crippen LogP contribution in [0, 0.1) is 3.57 Å². The number of nitrogen functional groups attached to an aromatic ring is 1. The van der Waals surface area contributed by atoms with Crippen molar-refractivity contribution in [3.8, 4) is 0 Å². The Morgan fingerprint density at radius 3 is 2.50 bits per heavy atom. The number of hydrogen-bond acceptors (Lipinski definition) is 2. The van der Waals surface area contributed by atoms with Gasteiger partial charge in [-0.2, -0.15) is 0 Å². The normalized spacial score (nSPS) is 10.3. The molecule has 0 radical (unpaired) electrons. The maximum atomic E-state index is 5.72. The van der Waals surface area contributed by atoms with Gasteiger partial charge in [-0.15, -0.1) is 11.8 Å². The highest BCUT2D eigenvalue weighted by atomic mass is 127. The van der Waals surface area contributed by atoms with Gasteiger partial charge in [0.15, 0.2) is 0 Å². The monoisotopic (exact) mass is 341 g/mol. The zero-order chi connectivity index (χ0) is 11.4. The predicted molar refractivity (Wildman–Crippen MR) is 79.6 cm³/mol. The van der Waals surface area contributed by atoms with Gasteiger partial charge < -0.3 is 5.73 Å². The van der Waals surface area contributed by atoms with Crippen molar-refractivity contribution in [2.75, 3.05) is 5.73 Å². The molecule has 2 aromatic rings. The van der Waals surface area contributed by atoms with Crippen LogP contribution >= 0.6 is 34.4 Å². The molecule has 0 heterocycles. The molecule has 0 aliphatic heterocycles. The summed E-state index contributed by atoms with van der Waals surface area (Å²) in [5.41, 5.74) is 7.90. The van der Waals surface area contributed by atoms with Crippen LogP contribution in [0.3, 0.4) is 0 Å². The van der Waals surface area contributed by atoms with E-state index in [9.17, 15) is 0 Å². The third kappa shape index (κ3) is 3.15. The van der Waals surface area contributed by atoms with E-state index in [1.807, 2.05) is 30.0 Å². The molecule has 0 aliphatic carbocycles. The second-order valence-electron chi connectivity index (χ2n) is 3.46. The molecular weight excluding hydrogens is 329 g/mol. The van der Waals surface area contributed by atoms with Crippen LogP contribution in [0.4, 0.5) is 5.69 Å². The van der Waals surface area contributed by atoms with Crippen LogP contribution in [-0.4, -0.2) is 0 Å². The molecule has 2 rings (SSSR count). The van der Waals surface area contributed by atoms with Gasteiger partial charge in [-0.3, -0.25) is 0 Å². The lowest BCUT2D eigenvalue weighted by molar-refractivity contribution is 1.36. The van der Waals surface area contributed by atoms with E-state index in [1.54, 1.807) is 0 Å². The third-order valence-electron chi connectivity index (χ3n) is 2.19. The largest absolute Gasteiger partial charge is 0.399 e. The van der Waals surface area contributed by atoms with Crippen LogP contribution < -0.4 is 5.73 Å². The average molecular weight is 341 g/mol. The van der Waals surface area contributed by atoms with Crippen LogP contribution in [0.2, 0.25) is 0 Å². The summed E-state index contributed by atoms with van der Waals surface area (Å²) >= 11 is 4.17. The fourth-order valence-electron chi connectivity index (χ4n) is 1.37. The lowest BCUT2D eigenvalue weighted by Crippen LogP contribution is -1.87. The molecule has 0 aromatic heterocycles. The predicted octanol–water partition coefficient (Wildman–Crippen LogP) is 4.17. The highest BCUT2D eigenvalue weighted by molar-refractivity contribution is 14.1. The van der Waals surface area contributed by atoms with Gasteiger partial charge in [0.2, 0.25) is 0 Å². The summed E-state index contributed by atoms with van der Waals surface area (Å²) in [4.78, 5) is 1.29. The molecule has 3 heteroatoms. The first-order valence-corrected chi connectivity index (χ1v) is 7.04. The summed E-state index contributed by atoms with van der Waals surface area (Å²) in [6.07, 6.45) is 0. The minimum Gasteiger partial charge on any atom is -0.399 e. The Bertz CT molecular complexity index is 471. The van der Waals surface area contributed by atoms with Crippen LogP contribution in [0.1, 0.15) is 5.56 Å². The van der Waals surface area contributed by atoms with Crippen molar-refractivity contribution >= 4 is 40.0 Å². The number of hydrogen-bond donors (Lipinski definition) is 1. The van der Waals surface area contributed by atoms with Crippen molar-refractivity contribution in [1.82, 2.24) is 0 Å². The fraction of sp³-hybridized carbons (Fsp3) is 0.0769. The Kier molecular flexibility index (Phi) is 4.12. The van der Waals surface area contributed by atoms with Gasteiger partial charge in [-0.1, -0.05) is 30.3 Å². The van der Waals surface area contributed by atoms with Crippen LogP contribution in [0.15, 0.2) is 53.4 Å². The maximum absolute atomic E-state index is 5.72. The Hall–Kier alpha value is -0.680. The number of halogens is 1. The summed E-state index contributed by atoms with van der Waals surface area (Å²) in [6.45, 7) is 0. The van der Waals surface area contributed by atoms with Crippen LogP contribution in [0.5, 0.6) is 0 Å². The van der Waals surface area contributed by atoms with E-state index >= 15 is 0 Å². The minimum absolute atomic E-state index is 0.827. The quantitative estimate of drug-likeness (QED) is 0.515. The molecular formula is C13H12INS. The minimum atomic E-state index is 0.827. The SMILES string of the molecule is Nc1ccc(SCc2ccccc2)c(I)c1. The van der Waals surface area contributed by atoms with Gasteiger partial charge in [-0.25, -0.2) is 0 Å². The highest BCUT2D eigenvalue weighted by Crippen LogP contribution is 2.28. The molecule has 0 bridgehead atoms. The van der Waals surface area contributed by atoms with Crippen LogP contribution in [0.25, 0.3) is 0 Å². The van der Waals surface area contributed by atoms with Gasteiger partial charge >= 0.3 is 0 Å². The van der Waals surface area contributed by atoms with E-state index in [4.69, 9.17) is 5.73 Å². The van der Waals surface area contributed by atoms with E-state index in [1.165, 1.54) is 14.0 Å². The zero-order valence-electron chi connectivity index (χ0n) is 8.69. The van der Waals surface area contributed by atoms with Gasteiger partial charge in [0, 0.05) is 19.9 Å². The van der Waals surface area contributed by atoms with Crippen molar-refractivity contribution in [1.29, 1.82) is 0 Å². The molecule has 2 N–H and O–H groups in total. The smallest absolute Gasteiger partial charge is 0.0325 e. The standard InChI is InChI=1S/C13H12INS/c14-12-8-11(15)6-7-13(12)16-9-10-4-2-1-3-5-10/h1-8H,9,15H2. The van der Waals surface area contributed by atoms with Gasteiger partial charge in [0.25, 0.3) is 0 Å². The van der Waals surface area contributed by atoms with Gasteiger partial charge in [-0.05, 0) is 46.4 Å². The number of thioether (sulfide) groups is 1.